The van der Waals surface area contributed by atoms with Crippen LogP contribution in [0.2, 0.25) is 0 Å². The first-order chi connectivity index (χ1) is 17.5. The molecule has 0 bridgehead atoms. The molecule has 2 aromatic rings. The van der Waals surface area contributed by atoms with Crippen LogP contribution in [0.3, 0.4) is 0 Å². The molecule has 0 aliphatic heterocycles. The zero-order valence-electron chi connectivity index (χ0n) is 20.6. The van der Waals surface area contributed by atoms with Crippen LogP contribution >= 0.6 is 0 Å². The molecule has 0 fully saturated rings. The fourth-order valence-electron chi connectivity index (χ4n) is 3.51. The molecule has 0 aromatic heterocycles. The van der Waals surface area contributed by atoms with E-state index in [1.165, 1.54) is 10.6 Å². The Bertz CT molecular complexity index is 980. The molecule has 0 radical (unpaired) electrons. The van der Waals surface area contributed by atoms with Gasteiger partial charge in [-0.15, -0.1) is 0 Å². The Morgan fingerprint density at radius 2 is 0.895 bits per heavy atom. The number of amides is 2. The summed E-state index contributed by atoms with van der Waals surface area (Å²) in [4.78, 5) is 23.7. The number of aryl methyl sites for hydroxylation is 2. The van der Waals surface area contributed by atoms with Crippen LogP contribution in [-0.2, 0) is 22.4 Å². The maximum Gasteiger partial charge on any atom is 0.392 e. The Kier molecular flexibility index (Phi) is 9.90. The van der Waals surface area contributed by atoms with Gasteiger partial charge in [0.05, 0.1) is 0 Å². The Morgan fingerprint density at radius 3 is 1.18 bits per heavy atom. The average Bonchev–Trinajstić information content (AvgIpc) is 2.87. The molecular weight excluding hydrogens is 524 g/mol. The van der Waals surface area contributed by atoms with Crippen molar-refractivity contribution in [2.45, 2.75) is 75.3 Å². The van der Waals surface area contributed by atoms with E-state index in [0.717, 1.165) is 25.0 Å². The minimum absolute atomic E-state index is 0.0345. The monoisotopic (exact) mass is 552 g/mol. The first-order valence-corrected chi connectivity index (χ1v) is 11.7. The second-order valence-electron chi connectivity index (χ2n) is 9.10. The van der Waals surface area contributed by atoms with Gasteiger partial charge in [-0.1, -0.05) is 60.7 Å². The van der Waals surface area contributed by atoms with Crippen LogP contribution in [-0.4, -0.2) is 47.6 Å². The van der Waals surface area contributed by atoms with E-state index in [2.05, 4.69) is 0 Å². The van der Waals surface area contributed by atoms with Crippen LogP contribution in [0.25, 0.3) is 0 Å². The summed E-state index contributed by atoms with van der Waals surface area (Å²) in [5.74, 6) is -32.1. The van der Waals surface area contributed by atoms with Crippen molar-refractivity contribution in [3.63, 3.8) is 0 Å². The largest absolute Gasteiger partial charge is 0.392 e. The Labute approximate surface area is 214 Å². The smallest absolute Gasteiger partial charge is 0.348 e. The van der Waals surface area contributed by atoms with Crippen molar-refractivity contribution < 1.29 is 44.7 Å². The molecule has 2 atom stereocenters. The van der Waals surface area contributed by atoms with Gasteiger partial charge in [-0.2, -0.15) is 35.1 Å². The molecule has 210 valence electrons. The third-order valence-electron chi connectivity index (χ3n) is 5.93. The van der Waals surface area contributed by atoms with Gasteiger partial charge in [0.2, 0.25) is 0 Å². The van der Waals surface area contributed by atoms with Crippen molar-refractivity contribution in [2.24, 2.45) is 0 Å². The zero-order valence-corrected chi connectivity index (χ0v) is 20.6. The molecule has 4 nitrogen and oxygen atoms in total. The molecular formula is C26H28F8N2O2. The molecule has 2 rings (SSSR count). The zero-order chi connectivity index (χ0) is 28.8. The molecule has 0 saturated carbocycles. The Balaban J connectivity index is 2.07. The molecule has 12 heteroatoms. The van der Waals surface area contributed by atoms with Gasteiger partial charge < -0.3 is 10.6 Å². The highest BCUT2D eigenvalue weighted by Crippen LogP contribution is 2.52. The average molecular weight is 553 g/mol. The molecule has 0 aliphatic rings. The van der Waals surface area contributed by atoms with Gasteiger partial charge in [0.1, 0.15) is 0 Å². The second-order valence-corrected chi connectivity index (χ2v) is 9.10. The van der Waals surface area contributed by atoms with E-state index in [1.807, 2.05) is 0 Å². The summed E-state index contributed by atoms with van der Waals surface area (Å²) < 4.78 is 114. The molecule has 0 aliphatic carbocycles. The van der Waals surface area contributed by atoms with Gasteiger partial charge >= 0.3 is 23.7 Å². The highest BCUT2D eigenvalue weighted by atomic mass is 19.4. The van der Waals surface area contributed by atoms with Crippen LogP contribution in [0.1, 0.15) is 37.8 Å². The molecule has 0 heterocycles. The molecule has 0 saturated heterocycles. The normalized spacial score (nSPS) is 14.5. The summed E-state index contributed by atoms with van der Waals surface area (Å²) in [6.07, 6.45) is 0.378. The summed E-state index contributed by atoms with van der Waals surface area (Å²) in [5.41, 5.74) is 1.45. The predicted molar refractivity (Wildman–Crippen MR) is 125 cm³/mol. The van der Waals surface area contributed by atoms with E-state index < -0.39 is 47.6 Å². The van der Waals surface area contributed by atoms with Crippen molar-refractivity contribution in [1.29, 1.82) is 0 Å². The van der Waals surface area contributed by atoms with Gasteiger partial charge in [-0.25, -0.2) is 0 Å². The van der Waals surface area contributed by atoms with Crippen molar-refractivity contribution in [2.75, 3.05) is 0 Å². The minimum atomic E-state index is -6.91. The van der Waals surface area contributed by atoms with Crippen molar-refractivity contribution in [1.82, 2.24) is 10.6 Å². The van der Waals surface area contributed by atoms with Crippen molar-refractivity contribution >= 4 is 11.8 Å². The fourth-order valence-corrected chi connectivity index (χ4v) is 3.51. The number of benzene rings is 2. The fraction of sp³-hybridized carbons (Fsp3) is 0.462. The van der Waals surface area contributed by atoms with E-state index in [0.29, 0.717) is 0 Å². The minimum Gasteiger partial charge on any atom is -0.348 e. The Morgan fingerprint density at radius 1 is 0.605 bits per heavy atom. The summed E-state index contributed by atoms with van der Waals surface area (Å²) >= 11 is 0. The quantitative estimate of drug-likeness (QED) is 0.309. The highest BCUT2D eigenvalue weighted by molar-refractivity contribution is 5.87. The first kappa shape index (κ1) is 31.0. The number of nitrogens with one attached hydrogen (secondary N) is 2. The molecule has 38 heavy (non-hydrogen) atoms. The number of hydrogen-bond acceptors (Lipinski definition) is 2. The maximum absolute atomic E-state index is 14.3. The van der Waals surface area contributed by atoms with E-state index in [9.17, 15) is 44.7 Å². The van der Waals surface area contributed by atoms with E-state index in [4.69, 9.17) is 0 Å². The lowest BCUT2D eigenvalue weighted by molar-refractivity contribution is -0.347. The summed E-state index contributed by atoms with van der Waals surface area (Å²) in [6, 6.07) is 14.4. The lowest BCUT2D eigenvalue weighted by Gasteiger charge is -2.36. The summed E-state index contributed by atoms with van der Waals surface area (Å²) in [7, 11) is 0. The second kappa shape index (κ2) is 12.1. The standard InChI is InChI=1S/C26H28F8N2O2/c1-17(13-15-19-9-5-3-6-10-19)35-21(37)23(27,28)25(31,32)26(33,34)24(29,30)22(38)36-18(2)14-16-20-11-7-4-8-12-20/h3-12,17-18H,13-16H2,1-2H3,(H,35,37)(H,36,38)/t17-,18+. The van der Waals surface area contributed by atoms with Crippen LogP contribution in [0.5, 0.6) is 0 Å². The Hall–Kier alpha value is -3.18. The lowest BCUT2D eigenvalue weighted by Crippen LogP contribution is -2.69. The van der Waals surface area contributed by atoms with Gasteiger partial charge in [0.25, 0.3) is 11.8 Å². The lowest BCUT2D eigenvalue weighted by atomic mass is 9.96. The van der Waals surface area contributed by atoms with Gasteiger partial charge in [-0.3, -0.25) is 9.59 Å². The molecule has 2 N–H and O–H groups in total. The number of carbonyl (C=O) groups is 2. The van der Waals surface area contributed by atoms with Gasteiger partial charge in [0, 0.05) is 12.1 Å². The summed E-state index contributed by atoms with van der Waals surface area (Å²) in [5, 5.41) is 2.93. The summed E-state index contributed by atoms with van der Waals surface area (Å²) in [6.45, 7) is 2.32. The van der Waals surface area contributed by atoms with Crippen LogP contribution in [0.15, 0.2) is 60.7 Å². The van der Waals surface area contributed by atoms with Crippen LogP contribution < -0.4 is 10.6 Å². The number of hydrogen-bond donors (Lipinski definition) is 2. The van der Waals surface area contributed by atoms with Crippen molar-refractivity contribution in [3.05, 3.63) is 71.8 Å². The number of halogens is 8. The van der Waals surface area contributed by atoms with E-state index >= 15 is 0 Å². The topological polar surface area (TPSA) is 58.2 Å². The van der Waals surface area contributed by atoms with Gasteiger partial charge in [-0.05, 0) is 50.7 Å². The molecule has 2 aromatic carbocycles. The van der Waals surface area contributed by atoms with E-state index in [1.54, 1.807) is 60.7 Å². The third-order valence-corrected chi connectivity index (χ3v) is 5.93. The van der Waals surface area contributed by atoms with E-state index in [-0.39, 0.29) is 25.7 Å². The van der Waals surface area contributed by atoms with Gasteiger partial charge in [0.15, 0.2) is 0 Å². The highest BCUT2D eigenvalue weighted by Gasteiger charge is 2.84. The number of rotatable bonds is 13. The maximum atomic E-state index is 14.3. The molecule has 0 spiro atoms. The molecule has 2 amide bonds. The first-order valence-electron chi connectivity index (χ1n) is 11.7. The number of alkyl halides is 8. The third kappa shape index (κ3) is 6.82. The van der Waals surface area contributed by atoms with Crippen LogP contribution in [0, 0.1) is 0 Å². The molecule has 0 unspecified atom stereocenters. The van der Waals surface area contributed by atoms with Crippen LogP contribution in [0.4, 0.5) is 35.1 Å². The van der Waals surface area contributed by atoms with Crippen molar-refractivity contribution in [3.8, 4) is 0 Å². The predicted octanol–water partition coefficient (Wildman–Crippen LogP) is 5.80. The SMILES string of the molecule is C[C@H](CCc1ccccc1)NC(=O)C(F)(F)C(F)(F)C(F)(F)C(F)(F)C(=O)N[C@@H](C)CCc1ccccc1. The number of carbonyl (C=O) groups excluding carboxylic acids is 2.